The second kappa shape index (κ2) is 9.67. The summed E-state index contributed by atoms with van der Waals surface area (Å²) in [7, 11) is 0. The van der Waals surface area contributed by atoms with Crippen LogP contribution in [0.5, 0.6) is 0 Å². The second-order valence-electron chi connectivity index (χ2n) is 5.40. The average molecular weight is 324 g/mol. The van der Waals surface area contributed by atoms with E-state index in [0.29, 0.717) is 44.2 Å². The first-order chi connectivity index (χ1) is 11.3. The molecule has 0 radical (unpaired) electrons. The maximum absolute atomic E-state index is 10.8. The van der Waals surface area contributed by atoms with Gasteiger partial charge in [-0.3, -0.25) is 4.79 Å². The summed E-state index contributed by atoms with van der Waals surface area (Å²) in [6.45, 7) is 4.80. The van der Waals surface area contributed by atoms with Gasteiger partial charge in [-0.05, 0) is 25.3 Å². The minimum absolute atomic E-state index is 0.323. The smallest absolute Gasteiger partial charge is 0.168 e. The van der Waals surface area contributed by atoms with Crippen LogP contribution in [0.3, 0.4) is 0 Å². The van der Waals surface area contributed by atoms with Gasteiger partial charge in [0.1, 0.15) is 12.3 Å². The maximum Gasteiger partial charge on any atom is 0.168 e. The maximum atomic E-state index is 10.8. The summed E-state index contributed by atoms with van der Waals surface area (Å²) in [5.41, 5.74) is -0.265. The number of rotatable bonds is 13. The van der Waals surface area contributed by atoms with Gasteiger partial charge in [-0.2, -0.15) is 0 Å². The van der Waals surface area contributed by atoms with Crippen LogP contribution in [0.2, 0.25) is 0 Å². The molecule has 0 aromatic carbocycles. The van der Waals surface area contributed by atoms with E-state index in [2.05, 4.69) is 16.9 Å². The molecule has 0 bridgehead atoms. The molecule has 0 atom stereocenters. The lowest BCUT2D eigenvalue weighted by Crippen LogP contribution is -2.19. The van der Waals surface area contributed by atoms with Crippen molar-refractivity contribution in [3.8, 4) is 0 Å². The summed E-state index contributed by atoms with van der Waals surface area (Å²) < 4.78 is 10.8. The molecule has 0 N–H and O–H groups in total. The van der Waals surface area contributed by atoms with Crippen molar-refractivity contribution >= 4 is 6.29 Å². The predicted octanol–water partition coefficient (Wildman–Crippen LogP) is 2.06. The molecule has 0 aliphatic heterocycles. The Labute approximate surface area is 136 Å². The van der Waals surface area contributed by atoms with Gasteiger partial charge in [0, 0.05) is 12.8 Å². The van der Waals surface area contributed by atoms with E-state index in [4.69, 9.17) is 19.2 Å². The molecule has 7 heteroatoms. The first-order valence-corrected chi connectivity index (χ1v) is 8.05. The van der Waals surface area contributed by atoms with Crippen LogP contribution in [0.25, 0.3) is 0 Å². The van der Waals surface area contributed by atoms with Gasteiger partial charge in [0.2, 0.25) is 0 Å². The van der Waals surface area contributed by atoms with E-state index < -0.39 is 5.60 Å². The van der Waals surface area contributed by atoms with Crippen molar-refractivity contribution in [2.45, 2.75) is 38.2 Å². The Morgan fingerprint density at radius 2 is 1.91 bits per heavy atom. The van der Waals surface area contributed by atoms with E-state index in [9.17, 15) is 4.79 Å². The summed E-state index contributed by atoms with van der Waals surface area (Å²) >= 11 is 0. The fourth-order valence-electron chi connectivity index (χ4n) is 1.93. The van der Waals surface area contributed by atoms with Gasteiger partial charge in [-0.25, -0.2) is 19.7 Å². The van der Waals surface area contributed by atoms with Crippen molar-refractivity contribution in [3.05, 3.63) is 23.8 Å². The quantitative estimate of drug-likeness (QED) is 0.238. The van der Waals surface area contributed by atoms with Crippen LogP contribution >= 0.6 is 0 Å². The van der Waals surface area contributed by atoms with Crippen LogP contribution < -0.4 is 0 Å². The Morgan fingerprint density at radius 1 is 1.17 bits per heavy atom. The zero-order valence-electron chi connectivity index (χ0n) is 13.5. The summed E-state index contributed by atoms with van der Waals surface area (Å²) in [5, 5.41) is 0. The highest BCUT2D eigenvalue weighted by molar-refractivity contribution is 5.71. The first kappa shape index (κ1) is 17.9. The van der Waals surface area contributed by atoms with Crippen molar-refractivity contribution in [2.75, 3.05) is 33.0 Å². The Morgan fingerprint density at radius 3 is 2.61 bits per heavy atom. The third-order valence-corrected chi connectivity index (χ3v) is 3.45. The number of aromatic nitrogens is 2. The number of hydrogen-bond acceptors (Lipinski definition) is 7. The highest BCUT2D eigenvalue weighted by Crippen LogP contribution is 2.47. The van der Waals surface area contributed by atoms with E-state index in [1.54, 1.807) is 12.3 Å². The van der Waals surface area contributed by atoms with Gasteiger partial charge < -0.3 is 9.47 Å². The fourth-order valence-corrected chi connectivity index (χ4v) is 1.93. The molecule has 0 saturated heterocycles. The predicted molar refractivity (Wildman–Crippen MR) is 81.9 cm³/mol. The van der Waals surface area contributed by atoms with Crippen LogP contribution in [-0.2, 0) is 24.8 Å². The van der Waals surface area contributed by atoms with Gasteiger partial charge in [0.15, 0.2) is 17.7 Å². The molecular weight excluding hydrogens is 300 g/mol. The van der Waals surface area contributed by atoms with E-state index in [0.717, 1.165) is 32.3 Å². The van der Waals surface area contributed by atoms with Crippen LogP contribution in [0, 0.1) is 0 Å². The van der Waals surface area contributed by atoms with E-state index in [1.807, 2.05) is 0 Å². The number of nitrogens with zero attached hydrogens (tertiary/aromatic N) is 2. The van der Waals surface area contributed by atoms with Crippen LogP contribution in [0.4, 0.5) is 0 Å². The molecule has 7 nitrogen and oxygen atoms in total. The van der Waals surface area contributed by atoms with Crippen molar-refractivity contribution in [2.24, 2.45) is 0 Å². The van der Waals surface area contributed by atoms with E-state index in [1.165, 1.54) is 0 Å². The van der Waals surface area contributed by atoms with E-state index >= 15 is 0 Å². The zero-order valence-corrected chi connectivity index (χ0v) is 13.5. The third kappa shape index (κ3) is 5.95. The number of unbranched alkanes of at least 4 members (excludes halogenated alkanes) is 1. The van der Waals surface area contributed by atoms with Gasteiger partial charge in [-0.1, -0.05) is 13.3 Å². The highest BCUT2D eigenvalue weighted by Gasteiger charge is 2.50. The standard InChI is InChI=1S/C16H24N2O5/c1-2-3-8-20-9-10-21-11-12-22-23-16(5-6-16)15-17-7-4-14(13-19)18-15/h4,7,13H,2-3,5-6,8-12H2,1H3. The Hall–Kier alpha value is -1.41. The highest BCUT2D eigenvalue weighted by atomic mass is 17.2. The molecule has 1 heterocycles. The zero-order chi connectivity index (χ0) is 16.4. The topological polar surface area (TPSA) is 79.8 Å². The van der Waals surface area contributed by atoms with Crippen molar-refractivity contribution < 1.29 is 24.0 Å². The molecule has 1 aromatic heterocycles. The molecule has 1 saturated carbocycles. The fraction of sp³-hybridized carbons (Fsp3) is 0.688. The minimum Gasteiger partial charge on any atom is -0.379 e. The molecule has 0 unspecified atom stereocenters. The lowest BCUT2D eigenvalue weighted by molar-refractivity contribution is -0.344. The SMILES string of the molecule is CCCCOCCOCCOOC1(c2nccc(C=O)n2)CC1. The molecule has 1 aromatic rings. The summed E-state index contributed by atoms with van der Waals surface area (Å²) in [5.74, 6) is 0.493. The first-order valence-electron chi connectivity index (χ1n) is 8.05. The Balaban J connectivity index is 1.56. The summed E-state index contributed by atoms with van der Waals surface area (Å²) in [4.78, 5) is 29.7. The van der Waals surface area contributed by atoms with Gasteiger partial charge in [-0.15, -0.1) is 0 Å². The molecule has 1 aliphatic carbocycles. The Bertz CT molecular complexity index is 479. The van der Waals surface area contributed by atoms with Crippen molar-refractivity contribution in [3.63, 3.8) is 0 Å². The molecular formula is C16H24N2O5. The lowest BCUT2D eigenvalue weighted by Gasteiger charge is -2.14. The van der Waals surface area contributed by atoms with Crippen LogP contribution in [-0.4, -0.2) is 49.3 Å². The van der Waals surface area contributed by atoms with Crippen molar-refractivity contribution in [1.29, 1.82) is 0 Å². The molecule has 2 rings (SSSR count). The number of carbonyl (C=O) groups excluding carboxylic acids is 1. The molecule has 1 fully saturated rings. The third-order valence-electron chi connectivity index (χ3n) is 3.45. The molecule has 23 heavy (non-hydrogen) atoms. The number of hydrogen-bond donors (Lipinski definition) is 0. The van der Waals surface area contributed by atoms with E-state index in [-0.39, 0.29) is 0 Å². The average Bonchev–Trinajstić information content (AvgIpc) is 3.38. The van der Waals surface area contributed by atoms with Crippen LogP contribution in [0.15, 0.2) is 12.3 Å². The molecule has 0 amide bonds. The number of aldehydes is 1. The normalized spacial score (nSPS) is 15.5. The number of ether oxygens (including phenoxy) is 2. The summed E-state index contributed by atoms with van der Waals surface area (Å²) in [6, 6.07) is 1.56. The van der Waals surface area contributed by atoms with Crippen LogP contribution in [0.1, 0.15) is 48.9 Å². The lowest BCUT2D eigenvalue weighted by atomic mass is 10.3. The largest absolute Gasteiger partial charge is 0.379 e. The van der Waals surface area contributed by atoms with Crippen molar-refractivity contribution in [1.82, 2.24) is 9.97 Å². The molecule has 1 aliphatic rings. The van der Waals surface area contributed by atoms with Gasteiger partial charge >= 0.3 is 0 Å². The molecule has 128 valence electrons. The minimum atomic E-state index is -0.609. The second-order valence-corrected chi connectivity index (χ2v) is 5.40. The Kier molecular flexibility index (Phi) is 7.54. The van der Waals surface area contributed by atoms with Gasteiger partial charge in [0.25, 0.3) is 0 Å². The monoisotopic (exact) mass is 324 g/mol. The molecule has 0 spiro atoms. The van der Waals surface area contributed by atoms with Gasteiger partial charge in [0.05, 0.1) is 19.8 Å². The number of carbonyl (C=O) groups is 1. The summed E-state index contributed by atoms with van der Waals surface area (Å²) in [6.07, 6.45) is 6.01.